The molecular formula is C14H25N3O. The molecule has 0 amide bonds. The van der Waals surface area contributed by atoms with E-state index < -0.39 is 0 Å². The zero-order valence-electron chi connectivity index (χ0n) is 11.7. The van der Waals surface area contributed by atoms with Gasteiger partial charge in [-0.05, 0) is 45.2 Å². The summed E-state index contributed by atoms with van der Waals surface area (Å²) in [4.78, 5) is 0. The quantitative estimate of drug-likeness (QED) is 0.839. The van der Waals surface area contributed by atoms with Gasteiger partial charge in [-0.25, -0.2) is 0 Å². The van der Waals surface area contributed by atoms with Gasteiger partial charge in [-0.1, -0.05) is 6.92 Å². The minimum Gasteiger partial charge on any atom is -0.374 e. The lowest BCUT2D eigenvalue weighted by molar-refractivity contribution is 0.0304. The van der Waals surface area contributed by atoms with Crippen molar-refractivity contribution in [3.05, 3.63) is 18.0 Å². The Morgan fingerprint density at radius 1 is 1.56 bits per heavy atom. The van der Waals surface area contributed by atoms with Gasteiger partial charge in [-0.15, -0.1) is 0 Å². The highest BCUT2D eigenvalue weighted by Crippen LogP contribution is 2.23. The van der Waals surface area contributed by atoms with Crippen LogP contribution in [0, 0.1) is 0 Å². The molecule has 1 aromatic heterocycles. The van der Waals surface area contributed by atoms with Crippen LogP contribution in [0.3, 0.4) is 0 Å². The highest BCUT2D eigenvalue weighted by molar-refractivity contribution is 5.01. The van der Waals surface area contributed by atoms with Crippen molar-refractivity contribution in [3.8, 4) is 0 Å². The third-order valence-corrected chi connectivity index (χ3v) is 3.81. The number of rotatable bonds is 6. The number of aryl methyl sites for hydroxylation is 2. The molecule has 0 aliphatic carbocycles. The largest absolute Gasteiger partial charge is 0.374 e. The zero-order chi connectivity index (χ0) is 13.0. The van der Waals surface area contributed by atoms with E-state index in [4.69, 9.17) is 4.74 Å². The maximum Gasteiger partial charge on any atom is 0.0732 e. The molecule has 1 aromatic rings. The fourth-order valence-corrected chi connectivity index (χ4v) is 2.76. The van der Waals surface area contributed by atoms with Crippen LogP contribution in [0.1, 0.15) is 38.8 Å². The van der Waals surface area contributed by atoms with E-state index in [2.05, 4.69) is 30.3 Å². The van der Waals surface area contributed by atoms with E-state index in [-0.39, 0.29) is 0 Å². The van der Waals surface area contributed by atoms with Crippen LogP contribution in [-0.2, 0) is 18.2 Å². The fraction of sp³-hybridized carbons (Fsp3) is 0.786. The Kier molecular flexibility index (Phi) is 4.78. The van der Waals surface area contributed by atoms with E-state index in [1.54, 1.807) is 0 Å². The summed E-state index contributed by atoms with van der Waals surface area (Å²) < 4.78 is 7.95. The Morgan fingerprint density at radius 3 is 2.94 bits per heavy atom. The summed E-state index contributed by atoms with van der Waals surface area (Å²) in [6.45, 7) is 5.34. The summed E-state index contributed by atoms with van der Waals surface area (Å²) in [6, 6.07) is 2.57. The van der Waals surface area contributed by atoms with Crippen LogP contribution >= 0.6 is 0 Å². The van der Waals surface area contributed by atoms with Gasteiger partial charge < -0.3 is 10.1 Å². The minimum absolute atomic E-state index is 0.383. The van der Waals surface area contributed by atoms with Crippen LogP contribution in [0.15, 0.2) is 12.3 Å². The van der Waals surface area contributed by atoms with Gasteiger partial charge in [0.2, 0.25) is 0 Å². The predicted molar refractivity (Wildman–Crippen MR) is 72.6 cm³/mol. The van der Waals surface area contributed by atoms with Crippen LogP contribution in [0.25, 0.3) is 0 Å². The molecule has 1 fully saturated rings. The Morgan fingerprint density at radius 2 is 2.39 bits per heavy atom. The van der Waals surface area contributed by atoms with Crippen molar-refractivity contribution in [3.63, 3.8) is 0 Å². The monoisotopic (exact) mass is 251 g/mol. The molecule has 102 valence electrons. The molecule has 0 saturated carbocycles. The normalized spacial score (nSPS) is 25.5. The molecule has 4 heteroatoms. The Balaban J connectivity index is 1.88. The molecule has 1 N–H and O–H groups in total. The van der Waals surface area contributed by atoms with Crippen molar-refractivity contribution in [1.29, 1.82) is 0 Å². The summed E-state index contributed by atoms with van der Waals surface area (Å²) in [5.41, 5.74) is 1.30. The van der Waals surface area contributed by atoms with E-state index in [9.17, 15) is 0 Å². The first-order valence-electron chi connectivity index (χ1n) is 7.06. The third kappa shape index (κ3) is 3.33. The lowest BCUT2D eigenvalue weighted by Gasteiger charge is -2.24. The van der Waals surface area contributed by atoms with Crippen molar-refractivity contribution >= 4 is 0 Å². The maximum atomic E-state index is 5.99. The first-order chi connectivity index (χ1) is 8.70. The van der Waals surface area contributed by atoms with E-state index in [0.29, 0.717) is 18.2 Å². The SMILES string of the molecule is CCNC(CCc1ccnn1C)C1CCC(C)O1. The lowest BCUT2D eigenvalue weighted by Crippen LogP contribution is -2.40. The number of nitrogens with one attached hydrogen (secondary N) is 1. The molecule has 3 unspecified atom stereocenters. The number of hydrogen-bond donors (Lipinski definition) is 1. The van der Waals surface area contributed by atoms with Crippen LogP contribution < -0.4 is 5.32 Å². The summed E-state index contributed by atoms with van der Waals surface area (Å²) in [7, 11) is 2.01. The second-order valence-corrected chi connectivity index (χ2v) is 5.21. The predicted octanol–water partition coefficient (Wildman–Crippen LogP) is 1.90. The molecule has 2 rings (SSSR count). The van der Waals surface area contributed by atoms with Crippen LogP contribution in [0.5, 0.6) is 0 Å². The molecule has 1 saturated heterocycles. The average Bonchev–Trinajstić information content (AvgIpc) is 2.94. The van der Waals surface area contributed by atoms with Crippen LogP contribution in [0.4, 0.5) is 0 Å². The van der Waals surface area contributed by atoms with Crippen molar-refractivity contribution in [2.24, 2.45) is 7.05 Å². The molecule has 1 aliphatic heterocycles. The first kappa shape index (κ1) is 13.6. The molecule has 0 spiro atoms. The molecular weight excluding hydrogens is 226 g/mol. The number of ether oxygens (including phenoxy) is 1. The smallest absolute Gasteiger partial charge is 0.0732 e. The van der Waals surface area contributed by atoms with Crippen molar-refractivity contribution < 1.29 is 4.74 Å². The van der Waals surface area contributed by atoms with Gasteiger partial charge in [0.25, 0.3) is 0 Å². The van der Waals surface area contributed by atoms with E-state index in [1.165, 1.54) is 18.5 Å². The molecule has 4 nitrogen and oxygen atoms in total. The summed E-state index contributed by atoms with van der Waals surface area (Å²) >= 11 is 0. The van der Waals surface area contributed by atoms with E-state index in [0.717, 1.165) is 19.4 Å². The number of hydrogen-bond acceptors (Lipinski definition) is 3. The highest BCUT2D eigenvalue weighted by atomic mass is 16.5. The van der Waals surface area contributed by atoms with E-state index >= 15 is 0 Å². The van der Waals surface area contributed by atoms with Gasteiger partial charge >= 0.3 is 0 Å². The van der Waals surface area contributed by atoms with Gasteiger partial charge in [0.05, 0.1) is 12.2 Å². The van der Waals surface area contributed by atoms with Gasteiger partial charge in [-0.2, -0.15) is 5.10 Å². The van der Waals surface area contributed by atoms with Gasteiger partial charge in [0.1, 0.15) is 0 Å². The van der Waals surface area contributed by atoms with Crippen LogP contribution in [0.2, 0.25) is 0 Å². The lowest BCUT2D eigenvalue weighted by atomic mass is 10.0. The van der Waals surface area contributed by atoms with Gasteiger partial charge in [-0.3, -0.25) is 4.68 Å². The molecule has 0 bridgehead atoms. The average molecular weight is 251 g/mol. The molecule has 0 radical (unpaired) electrons. The number of nitrogens with zero attached hydrogens (tertiary/aromatic N) is 2. The second kappa shape index (κ2) is 6.34. The van der Waals surface area contributed by atoms with Crippen molar-refractivity contribution in [2.45, 2.75) is 57.8 Å². The summed E-state index contributed by atoms with van der Waals surface area (Å²) in [5.74, 6) is 0. The standard InChI is InChI=1S/C14H25N3O/c1-4-15-13(14-8-5-11(2)18-14)7-6-12-9-10-16-17(12)3/h9-11,13-15H,4-8H2,1-3H3. The third-order valence-electron chi connectivity index (χ3n) is 3.81. The van der Waals surface area contributed by atoms with E-state index in [1.807, 2.05) is 17.9 Å². The van der Waals surface area contributed by atoms with Crippen molar-refractivity contribution in [1.82, 2.24) is 15.1 Å². The maximum absolute atomic E-state index is 5.99. The Bertz CT molecular complexity index is 364. The number of aromatic nitrogens is 2. The van der Waals surface area contributed by atoms with Crippen molar-refractivity contribution in [2.75, 3.05) is 6.54 Å². The zero-order valence-corrected chi connectivity index (χ0v) is 11.7. The molecule has 18 heavy (non-hydrogen) atoms. The Labute approximate surface area is 110 Å². The minimum atomic E-state index is 0.383. The molecule has 1 aliphatic rings. The molecule has 3 atom stereocenters. The van der Waals surface area contributed by atoms with Crippen LogP contribution in [-0.4, -0.2) is 34.6 Å². The van der Waals surface area contributed by atoms with Gasteiger partial charge in [0, 0.05) is 25.0 Å². The first-order valence-corrected chi connectivity index (χ1v) is 7.06. The highest BCUT2D eigenvalue weighted by Gasteiger charge is 2.28. The summed E-state index contributed by atoms with van der Waals surface area (Å²) in [6.07, 6.45) is 7.22. The second-order valence-electron chi connectivity index (χ2n) is 5.21. The molecule has 0 aromatic carbocycles. The summed E-state index contributed by atoms with van der Waals surface area (Å²) in [5, 5.41) is 7.79. The number of likely N-dealkylation sites (N-methyl/N-ethyl adjacent to an activating group) is 1. The van der Waals surface area contributed by atoms with Gasteiger partial charge in [0.15, 0.2) is 0 Å². The fourth-order valence-electron chi connectivity index (χ4n) is 2.76. The topological polar surface area (TPSA) is 39.1 Å². The molecule has 2 heterocycles. The Hall–Kier alpha value is -0.870.